The van der Waals surface area contributed by atoms with Crippen molar-refractivity contribution < 1.29 is 0 Å². The van der Waals surface area contributed by atoms with Gasteiger partial charge in [-0.15, -0.1) is 0 Å². The first-order valence-electron chi connectivity index (χ1n) is 4.32. The van der Waals surface area contributed by atoms with Crippen molar-refractivity contribution in [3.63, 3.8) is 0 Å². The number of hydrogen-bond donors (Lipinski definition) is 1. The number of rotatable bonds is 2. The molecule has 0 aromatic carbocycles. The van der Waals surface area contributed by atoms with Crippen molar-refractivity contribution in [3.05, 3.63) is 29.0 Å². The summed E-state index contributed by atoms with van der Waals surface area (Å²) in [5, 5.41) is 0.558. The third-order valence-corrected chi connectivity index (χ3v) is 2.39. The van der Waals surface area contributed by atoms with Crippen LogP contribution in [0.1, 0.15) is 5.56 Å². The largest absolute Gasteiger partial charge is 0.325 e. The van der Waals surface area contributed by atoms with Gasteiger partial charge in [0.1, 0.15) is 5.15 Å². The zero-order valence-corrected chi connectivity index (χ0v) is 8.04. The van der Waals surface area contributed by atoms with Crippen LogP contribution in [0.25, 0.3) is 0 Å². The topological polar surface area (TPSA) is 42.1 Å². The van der Waals surface area contributed by atoms with Crippen LogP contribution in [0.15, 0.2) is 18.3 Å². The van der Waals surface area contributed by atoms with E-state index in [2.05, 4.69) is 9.88 Å². The third-order valence-electron chi connectivity index (χ3n) is 2.18. The van der Waals surface area contributed by atoms with Gasteiger partial charge < -0.3 is 5.73 Å². The predicted octanol–water partition coefficient (Wildman–Crippen LogP) is 0.878. The van der Waals surface area contributed by atoms with E-state index in [0.717, 1.165) is 19.6 Å². The second-order valence-electron chi connectivity index (χ2n) is 3.44. The first-order chi connectivity index (χ1) is 6.24. The number of halogens is 1. The number of nitrogens with zero attached hydrogens (tertiary/aromatic N) is 2. The van der Waals surface area contributed by atoms with Crippen molar-refractivity contribution in [1.82, 2.24) is 9.88 Å². The molecule has 2 heterocycles. The summed E-state index contributed by atoms with van der Waals surface area (Å²) in [6, 6.07) is 4.23. The van der Waals surface area contributed by atoms with Crippen molar-refractivity contribution in [2.24, 2.45) is 5.73 Å². The molecule has 1 aromatic heterocycles. The first-order valence-corrected chi connectivity index (χ1v) is 4.70. The molecule has 70 valence electrons. The lowest BCUT2D eigenvalue weighted by atomic mass is 10.1. The standard InChI is InChI=1S/C9H12ClN3/c10-9-3-7(1-2-12-9)4-13-5-8(11)6-13/h1-3,8H,4-6,11H2. The summed E-state index contributed by atoms with van der Waals surface area (Å²) in [5.74, 6) is 0. The molecular weight excluding hydrogens is 186 g/mol. The molecule has 0 saturated carbocycles. The van der Waals surface area contributed by atoms with Gasteiger partial charge in [-0.25, -0.2) is 4.98 Å². The number of pyridine rings is 1. The van der Waals surface area contributed by atoms with E-state index in [1.54, 1.807) is 6.20 Å². The van der Waals surface area contributed by atoms with Crippen LogP contribution in [-0.4, -0.2) is 29.0 Å². The lowest BCUT2D eigenvalue weighted by Gasteiger charge is -2.36. The molecule has 2 N–H and O–H groups in total. The Kier molecular flexibility index (Phi) is 2.49. The Morgan fingerprint density at radius 3 is 3.00 bits per heavy atom. The Hall–Kier alpha value is -0.640. The number of aromatic nitrogens is 1. The van der Waals surface area contributed by atoms with E-state index in [0.29, 0.717) is 11.2 Å². The summed E-state index contributed by atoms with van der Waals surface area (Å²) in [4.78, 5) is 6.22. The van der Waals surface area contributed by atoms with Crippen LogP contribution < -0.4 is 5.73 Å². The molecule has 0 aliphatic carbocycles. The molecule has 1 saturated heterocycles. The highest BCUT2D eigenvalue weighted by Gasteiger charge is 2.22. The Morgan fingerprint density at radius 2 is 2.38 bits per heavy atom. The molecule has 1 fully saturated rings. The minimum atomic E-state index is 0.359. The quantitative estimate of drug-likeness (QED) is 0.716. The maximum atomic E-state index is 5.76. The average molecular weight is 198 g/mol. The molecule has 13 heavy (non-hydrogen) atoms. The number of hydrogen-bond acceptors (Lipinski definition) is 3. The molecule has 0 atom stereocenters. The van der Waals surface area contributed by atoms with Gasteiger partial charge in [-0.2, -0.15) is 0 Å². The fraction of sp³-hybridized carbons (Fsp3) is 0.444. The van der Waals surface area contributed by atoms with Gasteiger partial charge in [0, 0.05) is 31.9 Å². The maximum absolute atomic E-state index is 5.76. The zero-order chi connectivity index (χ0) is 9.26. The van der Waals surface area contributed by atoms with Gasteiger partial charge >= 0.3 is 0 Å². The monoisotopic (exact) mass is 197 g/mol. The predicted molar refractivity (Wildman–Crippen MR) is 52.5 cm³/mol. The van der Waals surface area contributed by atoms with E-state index in [1.807, 2.05) is 12.1 Å². The van der Waals surface area contributed by atoms with Crippen molar-refractivity contribution >= 4 is 11.6 Å². The van der Waals surface area contributed by atoms with Crippen LogP contribution >= 0.6 is 11.6 Å². The van der Waals surface area contributed by atoms with Crippen LogP contribution in [0.4, 0.5) is 0 Å². The van der Waals surface area contributed by atoms with Crippen molar-refractivity contribution in [2.75, 3.05) is 13.1 Å². The van der Waals surface area contributed by atoms with Crippen LogP contribution in [0, 0.1) is 0 Å². The second kappa shape index (κ2) is 3.62. The smallest absolute Gasteiger partial charge is 0.129 e. The SMILES string of the molecule is NC1CN(Cc2ccnc(Cl)c2)C1. The highest BCUT2D eigenvalue weighted by atomic mass is 35.5. The van der Waals surface area contributed by atoms with Crippen molar-refractivity contribution in [3.8, 4) is 0 Å². The minimum Gasteiger partial charge on any atom is -0.325 e. The molecule has 1 aliphatic heterocycles. The van der Waals surface area contributed by atoms with Gasteiger partial charge in [0.15, 0.2) is 0 Å². The fourth-order valence-electron chi connectivity index (χ4n) is 1.54. The van der Waals surface area contributed by atoms with Gasteiger partial charge in [-0.1, -0.05) is 11.6 Å². The highest BCUT2D eigenvalue weighted by molar-refractivity contribution is 6.29. The van der Waals surface area contributed by atoms with E-state index in [1.165, 1.54) is 5.56 Å². The zero-order valence-electron chi connectivity index (χ0n) is 7.28. The molecule has 4 heteroatoms. The summed E-state index contributed by atoms with van der Waals surface area (Å²) < 4.78 is 0. The van der Waals surface area contributed by atoms with Crippen LogP contribution in [0.3, 0.4) is 0 Å². The van der Waals surface area contributed by atoms with E-state index >= 15 is 0 Å². The summed E-state index contributed by atoms with van der Waals surface area (Å²) in [7, 11) is 0. The van der Waals surface area contributed by atoms with Gasteiger partial charge in [-0.05, 0) is 17.7 Å². The van der Waals surface area contributed by atoms with Crippen LogP contribution in [0.5, 0.6) is 0 Å². The molecule has 1 aromatic rings. The molecule has 3 nitrogen and oxygen atoms in total. The molecule has 0 spiro atoms. The first kappa shape index (κ1) is 8.94. The molecule has 1 aliphatic rings. The fourth-order valence-corrected chi connectivity index (χ4v) is 1.73. The number of likely N-dealkylation sites (tertiary alicyclic amines) is 1. The Morgan fingerprint density at radius 1 is 1.62 bits per heavy atom. The van der Waals surface area contributed by atoms with Gasteiger partial charge in [0.05, 0.1) is 0 Å². The molecule has 0 amide bonds. The van der Waals surface area contributed by atoms with Gasteiger partial charge in [0.2, 0.25) is 0 Å². The maximum Gasteiger partial charge on any atom is 0.129 e. The van der Waals surface area contributed by atoms with Crippen LogP contribution in [-0.2, 0) is 6.54 Å². The van der Waals surface area contributed by atoms with Crippen LogP contribution in [0.2, 0.25) is 5.15 Å². The van der Waals surface area contributed by atoms with E-state index < -0.39 is 0 Å². The Labute approximate surface area is 82.5 Å². The average Bonchev–Trinajstić information content (AvgIpc) is 2.01. The number of nitrogens with two attached hydrogens (primary N) is 1. The highest BCUT2D eigenvalue weighted by Crippen LogP contribution is 2.13. The summed E-state index contributed by atoms with van der Waals surface area (Å²) in [6.07, 6.45) is 1.73. The Bertz CT molecular complexity index is 297. The van der Waals surface area contributed by atoms with Crippen molar-refractivity contribution in [2.45, 2.75) is 12.6 Å². The summed E-state index contributed by atoms with van der Waals surface area (Å²) in [5.41, 5.74) is 6.87. The molecule has 0 unspecified atom stereocenters. The lowest BCUT2D eigenvalue weighted by molar-refractivity contribution is 0.142. The Balaban J connectivity index is 1.94. The molecule has 0 bridgehead atoms. The molecule has 2 rings (SSSR count). The van der Waals surface area contributed by atoms with E-state index in [4.69, 9.17) is 17.3 Å². The molecular formula is C9H12ClN3. The normalized spacial score (nSPS) is 18.6. The minimum absolute atomic E-state index is 0.359. The van der Waals surface area contributed by atoms with Gasteiger partial charge in [-0.3, -0.25) is 4.90 Å². The van der Waals surface area contributed by atoms with E-state index in [-0.39, 0.29) is 0 Å². The van der Waals surface area contributed by atoms with Crippen molar-refractivity contribution in [1.29, 1.82) is 0 Å². The van der Waals surface area contributed by atoms with E-state index in [9.17, 15) is 0 Å². The summed E-state index contributed by atoms with van der Waals surface area (Å²) >= 11 is 5.76. The summed E-state index contributed by atoms with van der Waals surface area (Å²) in [6.45, 7) is 2.90. The lowest BCUT2D eigenvalue weighted by Crippen LogP contribution is -2.54. The van der Waals surface area contributed by atoms with Gasteiger partial charge in [0.25, 0.3) is 0 Å². The third kappa shape index (κ3) is 2.18. The molecule has 0 radical (unpaired) electrons. The second-order valence-corrected chi connectivity index (χ2v) is 3.83.